The molecular formula is C13H9ClF3NO2. The molecule has 0 amide bonds. The maximum Gasteiger partial charge on any atom is 0.417 e. The summed E-state index contributed by atoms with van der Waals surface area (Å²) < 4.78 is 47.7. The van der Waals surface area contributed by atoms with Gasteiger partial charge in [0.1, 0.15) is 16.5 Å². The number of halogens is 4. The SMILES string of the molecule is COc1ccc(Oc2ncc(C(F)(F)F)cc2Cl)cc1. The topological polar surface area (TPSA) is 31.4 Å². The van der Waals surface area contributed by atoms with Gasteiger partial charge < -0.3 is 9.47 Å². The lowest BCUT2D eigenvalue weighted by Gasteiger charge is -2.10. The normalized spacial score (nSPS) is 11.2. The van der Waals surface area contributed by atoms with Crippen molar-refractivity contribution in [3.8, 4) is 17.4 Å². The summed E-state index contributed by atoms with van der Waals surface area (Å²) in [5.74, 6) is 0.925. The fourth-order valence-corrected chi connectivity index (χ4v) is 1.62. The minimum absolute atomic E-state index is 0.0927. The van der Waals surface area contributed by atoms with E-state index >= 15 is 0 Å². The van der Waals surface area contributed by atoms with Crippen LogP contribution in [0.3, 0.4) is 0 Å². The summed E-state index contributed by atoms with van der Waals surface area (Å²) in [6.07, 6.45) is -3.82. The first kappa shape index (κ1) is 14.5. The average Bonchev–Trinajstić information content (AvgIpc) is 2.41. The van der Waals surface area contributed by atoms with Crippen molar-refractivity contribution in [2.75, 3.05) is 7.11 Å². The van der Waals surface area contributed by atoms with E-state index in [2.05, 4.69) is 4.98 Å². The van der Waals surface area contributed by atoms with E-state index in [4.69, 9.17) is 21.1 Å². The Morgan fingerprint density at radius 3 is 2.20 bits per heavy atom. The minimum Gasteiger partial charge on any atom is -0.497 e. The molecule has 0 radical (unpaired) electrons. The molecule has 0 saturated heterocycles. The van der Waals surface area contributed by atoms with Gasteiger partial charge in [-0.15, -0.1) is 0 Å². The summed E-state index contributed by atoms with van der Waals surface area (Å²) >= 11 is 5.73. The van der Waals surface area contributed by atoms with Crippen LogP contribution < -0.4 is 9.47 Å². The van der Waals surface area contributed by atoms with Crippen molar-refractivity contribution < 1.29 is 22.6 Å². The molecule has 2 aromatic rings. The van der Waals surface area contributed by atoms with Gasteiger partial charge >= 0.3 is 6.18 Å². The summed E-state index contributed by atoms with van der Waals surface area (Å²) in [4.78, 5) is 3.58. The third kappa shape index (κ3) is 3.33. The van der Waals surface area contributed by atoms with Crippen LogP contribution in [0, 0.1) is 0 Å². The van der Waals surface area contributed by atoms with Crippen LogP contribution in [0.1, 0.15) is 5.56 Å². The second-order valence-corrected chi connectivity index (χ2v) is 4.19. The van der Waals surface area contributed by atoms with E-state index in [-0.39, 0.29) is 10.9 Å². The van der Waals surface area contributed by atoms with Crippen molar-refractivity contribution in [1.29, 1.82) is 0 Å². The Morgan fingerprint density at radius 1 is 1.10 bits per heavy atom. The Hall–Kier alpha value is -1.95. The largest absolute Gasteiger partial charge is 0.497 e. The van der Waals surface area contributed by atoms with Crippen LogP contribution in [0.25, 0.3) is 0 Å². The fraction of sp³-hybridized carbons (Fsp3) is 0.154. The molecule has 0 fully saturated rings. The molecule has 2 rings (SSSR count). The molecule has 0 atom stereocenters. The third-order valence-corrected chi connectivity index (χ3v) is 2.68. The van der Waals surface area contributed by atoms with E-state index in [1.54, 1.807) is 24.3 Å². The van der Waals surface area contributed by atoms with Crippen LogP contribution in [0.2, 0.25) is 5.02 Å². The van der Waals surface area contributed by atoms with Gasteiger partial charge in [-0.1, -0.05) is 11.6 Å². The van der Waals surface area contributed by atoms with Crippen molar-refractivity contribution in [2.45, 2.75) is 6.18 Å². The molecule has 1 aromatic carbocycles. The van der Waals surface area contributed by atoms with Gasteiger partial charge in [-0.05, 0) is 30.3 Å². The second kappa shape index (κ2) is 5.58. The van der Waals surface area contributed by atoms with Crippen LogP contribution in [0.5, 0.6) is 17.4 Å². The fourth-order valence-electron chi connectivity index (χ4n) is 1.41. The second-order valence-electron chi connectivity index (χ2n) is 3.79. The maximum absolute atomic E-state index is 12.5. The molecule has 0 spiro atoms. The van der Waals surface area contributed by atoms with E-state index in [9.17, 15) is 13.2 Å². The highest BCUT2D eigenvalue weighted by molar-refractivity contribution is 6.31. The molecule has 3 nitrogen and oxygen atoms in total. The van der Waals surface area contributed by atoms with E-state index in [0.717, 1.165) is 6.07 Å². The predicted molar refractivity (Wildman–Crippen MR) is 67.3 cm³/mol. The molecule has 0 aliphatic heterocycles. The lowest BCUT2D eigenvalue weighted by atomic mass is 10.3. The molecule has 0 bridgehead atoms. The molecular weight excluding hydrogens is 295 g/mol. The number of benzene rings is 1. The van der Waals surface area contributed by atoms with Crippen molar-refractivity contribution in [1.82, 2.24) is 4.98 Å². The zero-order chi connectivity index (χ0) is 14.8. The number of aromatic nitrogens is 1. The van der Waals surface area contributed by atoms with Gasteiger partial charge in [-0.2, -0.15) is 13.2 Å². The number of methoxy groups -OCH3 is 1. The molecule has 1 heterocycles. The number of ether oxygens (including phenoxy) is 2. The maximum atomic E-state index is 12.5. The summed E-state index contributed by atoms with van der Waals surface area (Å²) in [5.41, 5.74) is -0.926. The zero-order valence-corrected chi connectivity index (χ0v) is 11.0. The molecule has 0 aliphatic rings. The number of nitrogens with zero attached hydrogens (tertiary/aromatic N) is 1. The quantitative estimate of drug-likeness (QED) is 0.833. The third-order valence-electron chi connectivity index (χ3n) is 2.41. The number of hydrogen-bond donors (Lipinski definition) is 0. The smallest absolute Gasteiger partial charge is 0.417 e. The van der Waals surface area contributed by atoms with Crippen molar-refractivity contribution >= 4 is 11.6 Å². The molecule has 0 saturated carbocycles. The first-order valence-electron chi connectivity index (χ1n) is 5.45. The summed E-state index contributed by atoms with van der Waals surface area (Å²) in [7, 11) is 1.52. The Balaban J connectivity index is 2.21. The van der Waals surface area contributed by atoms with Gasteiger partial charge in [0.2, 0.25) is 5.88 Å². The number of hydrogen-bond acceptors (Lipinski definition) is 3. The van der Waals surface area contributed by atoms with Gasteiger partial charge in [0.05, 0.1) is 12.7 Å². The van der Waals surface area contributed by atoms with E-state index in [1.807, 2.05) is 0 Å². The minimum atomic E-state index is -4.49. The number of pyridine rings is 1. The van der Waals surface area contributed by atoms with Gasteiger partial charge in [0, 0.05) is 6.20 Å². The van der Waals surface area contributed by atoms with Crippen molar-refractivity contribution in [3.63, 3.8) is 0 Å². The average molecular weight is 304 g/mol. The highest BCUT2D eigenvalue weighted by atomic mass is 35.5. The molecule has 106 valence electrons. The van der Waals surface area contributed by atoms with Crippen LogP contribution in [-0.4, -0.2) is 12.1 Å². The van der Waals surface area contributed by atoms with Crippen molar-refractivity contribution in [2.24, 2.45) is 0 Å². The van der Waals surface area contributed by atoms with Crippen molar-refractivity contribution in [3.05, 3.63) is 47.1 Å². The Bertz CT molecular complexity index is 600. The van der Waals surface area contributed by atoms with Crippen LogP contribution in [-0.2, 0) is 6.18 Å². The molecule has 7 heteroatoms. The zero-order valence-electron chi connectivity index (χ0n) is 10.2. The lowest BCUT2D eigenvalue weighted by Crippen LogP contribution is -2.05. The number of alkyl halides is 3. The van der Waals surface area contributed by atoms with Gasteiger partial charge in [0.25, 0.3) is 0 Å². The van der Waals surface area contributed by atoms with Gasteiger partial charge in [0.15, 0.2) is 0 Å². The van der Waals surface area contributed by atoms with E-state index in [0.29, 0.717) is 17.7 Å². The van der Waals surface area contributed by atoms with E-state index in [1.165, 1.54) is 7.11 Å². The summed E-state index contributed by atoms with van der Waals surface area (Å²) in [6, 6.07) is 7.25. The van der Waals surface area contributed by atoms with Gasteiger partial charge in [-0.3, -0.25) is 0 Å². The van der Waals surface area contributed by atoms with E-state index < -0.39 is 11.7 Å². The number of rotatable bonds is 3. The van der Waals surface area contributed by atoms with Crippen LogP contribution in [0.15, 0.2) is 36.5 Å². The van der Waals surface area contributed by atoms with Gasteiger partial charge in [-0.25, -0.2) is 4.98 Å². The molecule has 0 aliphatic carbocycles. The monoisotopic (exact) mass is 303 g/mol. The summed E-state index contributed by atoms with van der Waals surface area (Å²) in [5, 5.41) is -0.212. The first-order valence-corrected chi connectivity index (χ1v) is 5.82. The Morgan fingerprint density at radius 2 is 1.70 bits per heavy atom. The Labute approximate surface area is 117 Å². The molecule has 0 N–H and O–H groups in total. The first-order chi connectivity index (χ1) is 9.40. The molecule has 0 unspecified atom stereocenters. The van der Waals surface area contributed by atoms with Crippen LogP contribution in [0.4, 0.5) is 13.2 Å². The highest BCUT2D eigenvalue weighted by Gasteiger charge is 2.31. The molecule has 20 heavy (non-hydrogen) atoms. The summed E-state index contributed by atoms with van der Waals surface area (Å²) in [6.45, 7) is 0. The predicted octanol–water partition coefficient (Wildman–Crippen LogP) is 4.55. The standard InChI is InChI=1S/C13H9ClF3NO2/c1-19-9-2-4-10(5-3-9)20-12-11(14)6-8(7-18-12)13(15,16)17/h2-7H,1H3. The van der Waals surface area contributed by atoms with Crippen LogP contribution >= 0.6 is 11.6 Å². The lowest BCUT2D eigenvalue weighted by molar-refractivity contribution is -0.137. The Kier molecular flexibility index (Phi) is 4.04. The highest BCUT2D eigenvalue weighted by Crippen LogP contribution is 2.34. The molecule has 1 aromatic heterocycles.